The van der Waals surface area contributed by atoms with Crippen LogP contribution in [0.15, 0.2) is 42.7 Å². The van der Waals surface area contributed by atoms with Crippen LogP contribution in [0.25, 0.3) is 5.65 Å². The molecule has 0 unspecified atom stereocenters. The minimum Gasteiger partial charge on any atom is -0.288 e. The van der Waals surface area contributed by atoms with Crippen molar-refractivity contribution in [2.75, 3.05) is 5.32 Å². The maximum atomic E-state index is 13.2. The minimum atomic E-state index is -4.64. The minimum absolute atomic E-state index is 0.0184. The van der Waals surface area contributed by atoms with Gasteiger partial charge in [-0.25, -0.2) is 19.2 Å². The van der Waals surface area contributed by atoms with Gasteiger partial charge in [0.05, 0.1) is 6.54 Å². The number of carbonyl (C=O) groups is 1. The van der Waals surface area contributed by atoms with Crippen molar-refractivity contribution < 1.29 is 18.0 Å². The van der Waals surface area contributed by atoms with Gasteiger partial charge < -0.3 is 0 Å². The van der Waals surface area contributed by atoms with Gasteiger partial charge in [0.2, 0.25) is 5.95 Å². The molecule has 11 heteroatoms. The fourth-order valence-corrected chi connectivity index (χ4v) is 3.00. The summed E-state index contributed by atoms with van der Waals surface area (Å²) < 4.78 is 41.9. The lowest BCUT2D eigenvalue weighted by molar-refractivity contribution is -0.142. The van der Waals surface area contributed by atoms with Gasteiger partial charge in [0.15, 0.2) is 11.3 Å². The van der Waals surface area contributed by atoms with E-state index >= 15 is 0 Å². The first-order valence-corrected chi connectivity index (χ1v) is 8.90. The van der Waals surface area contributed by atoms with Crippen LogP contribution in [0, 0.1) is 13.8 Å². The fraction of sp³-hybridized carbons (Fsp3) is 0.211. The molecule has 0 aliphatic carbocycles. The van der Waals surface area contributed by atoms with Gasteiger partial charge >= 0.3 is 6.18 Å². The number of aromatic nitrogens is 6. The lowest BCUT2D eigenvalue weighted by Crippen LogP contribution is -2.16. The number of halogens is 3. The van der Waals surface area contributed by atoms with Crippen molar-refractivity contribution in [1.82, 2.24) is 29.4 Å². The third-order valence-corrected chi connectivity index (χ3v) is 4.27. The molecule has 0 fully saturated rings. The normalized spacial score (nSPS) is 11.8. The average Bonchev–Trinajstić information content (AvgIpc) is 3.27. The Morgan fingerprint density at radius 3 is 2.67 bits per heavy atom. The van der Waals surface area contributed by atoms with E-state index in [-0.39, 0.29) is 23.0 Å². The average molecular weight is 415 g/mol. The Morgan fingerprint density at radius 2 is 1.93 bits per heavy atom. The second kappa shape index (κ2) is 7.25. The topological polar surface area (TPSA) is 90.0 Å². The van der Waals surface area contributed by atoms with E-state index in [2.05, 4.69) is 25.5 Å². The summed E-state index contributed by atoms with van der Waals surface area (Å²) in [6.07, 6.45) is -3.18. The number of nitrogens with zero attached hydrogens (tertiary/aromatic N) is 6. The Labute approximate surface area is 168 Å². The Morgan fingerprint density at radius 1 is 1.13 bits per heavy atom. The molecule has 4 aromatic rings. The van der Waals surface area contributed by atoms with Gasteiger partial charge in [0.1, 0.15) is 12.0 Å². The van der Waals surface area contributed by atoms with Crippen molar-refractivity contribution in [3.63, 3.8) is 0 Å². The fourth-order valence-electron chi connectivity index (χ4n) is 3.00. The van der Waals surface area contributed by atoms with Crippen molar-refractivity contribution >= 4 is 17.5 Å². The van der Waals surface area contributed by atoms with E-state index in [1.165, 1.54) is 19.3 Å². The van der Waals surface area contributed by atoms with E-state index in [9.17, 15) is 18.0 Å². The molecule has 0 atom stereocenters. The summed E-state index contributed by atoms with van der Waals surface area (Å²) in [5, 5.41) is 10.4. The van der Waals surface area contributed by atoms with Gasteiger partial charge in [-0.05, 0) is 25.5 Å². The zero-order valence-electron chi connectivity index (χ0n) is 16.0. The molecule has 0 spiro atoms. The Kier molecular flexibility index (Phi) is 4.72. The predicted octanol–water partition coefficient (Wildman–Crippen LogP) is 3.26. The third-order valence-electron chi connectivity index (χ3n) is 4.27. The predicted molar refractivity (Wildman–Crippen MR) is 101 cm³/mol. The number of anilines is 1. The number of nitrogens with one attached hydrogen (secondary N) is 1. The quantitative estimate of drug-likeness (QED) is 0.553. The number of hydrogen-bond acceptors (Lipinski definition) is 5. The molecule has 0 saturated carbocycles. The molecule has 3 heterocycles. The lowest BCUT2D eigenvalue weighted by atomic mass is 10.1. The molecule has 4 rings (SSSR count). The van der Waals surface area contributed by atoms with Gasteiger partial charge in [-0.15, -0.1) is 5.10 Å². The molecule has 8 nitrogen and oxygen atoms in total. The number of benzene rings is 1. The standard InChI is InChI=1S/C19H16F3N7O/c1-11-4-3-5-13(6-11)9-28-10-23-18(27-28)25-17(30)14-8-16-24-12(2)7-15(19(20,21)22)29(16)26-14/h3-8,10H,9H2,1-2H3,(H,25,27,30). The van der Waals surface area contributed by atoms with Crippen LogP contribution >= 0.6 is 0 Å². The molecule has 1 N–H and O–H groups in total. The maximum Gasteiger partial charge on any atom is 0.433 e. The molecule has 0 aliphatic heterocycles. The molecule has 154 valence electrons. The van der Waals surface area contributed by atoms with Gasteiger partial charge in [-0.1, -0.05) is 29.8 Å². The van der Waals surface area contributed by atoms with Gasteiger partial charge in [-0.3, -0.25) is 10.1 Å². The van der Waals surface area contributed by atoms with Gasteiger partial charge in [0, 0.05) is 11.8 Å². The molecule has 0 radical (unpaired) electrons. The van der Waals surface area contributed by atoms with Crippen LogP contribution in [0.5, 0.6) is 0 Å². The lowest BCUT2D eigenvalue weighted by Gasteiger charge is -2.08. The van der Waals surface area contributed by atoms with E-state index in [0.29, 0.717) is 11.1 Å². The summed E-state index contributed by atoms with van der Waals surface area (Å²) in [6.45, 7) is 3.87. The summed E-state index contributed by atoms with van der Waals surface area (Å²) in [4.78, 5) is 20.5. The third kappa shape index (κ3) is 4.00. The molecule has 0 saturated heterocycles. The molecular formula is C19H16F3N7O. The molecular weight excluding hydrogens is 399 g/mol. The number of rotatable bonds is 4. The van der Waals surface area contributed by atoms with Crippen molar-refractivity contribution in [3.8, 4) is 0 Å². The first-order chi connectivity index (χ1) is 14.2. The van der Waals surface area contributed by atoms with Crippen LogP contribution in [0.1, 0.15) is 33.0 Å². The van der Waals surface area contributed by atoms with Crippen molar-refractivity contribution in [2.24, 2.45) is 0 Å². The molecule has 1 aromatic carbocycles. The second-order valence-corrected chi connectivity index (χ2v) is 6.79. The van der Waals surface area contributed by atoms with E-state index in [1.807, 2.05) is 31.2 Å². The number of carbonyl (C=O) groups excluding carboxylic acids is 1. The van der Waals surface area contributed by atoms with Crippen LogP contribution in [-0.4, -0.2) is 35.3 Å². The van der Waals surface area contributed by atoms with E-state index in [0.717, 1.165) is 17.2 Å². The molecule has 30 heavy (non-hydrogen) atoms. The molecule has 1 amide bonds. The highest BCUT2D eigenvalue weighted by Gasteiger charge is 2.35. The largest absolute Gasteiger partial charge is 0.433 e. The number of aryl methyl sites for hydroxylation is 2. The summed E-state index contributed by atoms with van der Waals surface area (Å²) in [5.41, 5.74) is 0.969. The van der Waals surface area contributed by atoms with E-state index in [4.69, 9.17) is 0 Å². The van der Waals surface area contributed by atoms with Crippen molar-refractivity contribution in [3.05, 3.63) is 70.9 Å². The van der Waals surface area contributed by atoms with Crippen LogP contribution in [0.4, 0.5) is 19.1 Å². The second-order valence-electron chi connectivity index (χ2n) is 6.79. The molecule has 3 aromatic heterocycles. The highest BCUT2D eigenvalue weighted by molar-refractivity contribution is 6.02. The monoisotopic (exact) mass is 415 g/mol. The summed E-state index contributed by atoms with van der Waals surface area (Å²) >= 11 is 0. The van der Waals surface area contributed by atoms with Crippen LogP contribution in [0.3, 0.4) is 0 Å². The Hall–Kier alpha value is -3.76. The number of alkyl halides is 3. The SMILES string of the molecule is Cc1cccc(Cn2cnc(NC(=O)c3cc4nc(C)cc(C(F)(F)F)n4n3)n2)c1. The number of hydrogen-bond donors (Lipinski definition) is 1. The summed E-state index contributed by atoms with van der Waals surface area (Å²) in [7, 11) is 0. The smallest absolute Gasteiger partial charge is 0.288 e. The van der Waals surface area contributed by atoms with Crippen molar-refractivity contribution in [1.29, 1.82) is 0 Å². The number of fused-ring (bicyclic) bond motifs is 1. The highest BCUT2D eigenvalue weighted by Crippen LogP contribution is 2.29. The first kappa shape index (κ1) is 19.6. The first-order valence-electron chi connectivity index (χ1n) is 8.90. The maximum absolute atomic E-state index is 13.2. The molecule has 0 aliphatic rings. The summed E-state index contributed by atoms with van der Waals surface area (Å²) in [6, 6.07) is 9.91. The Bertz CT molecular complexity index is 1240. The van der Waals surface area contributed by atoms with Gasteiger partial charge in [0.25, 0.3) is 5.91 Å². The van der Waals surface area contributed by atoms with E-state index in [1.54, 1.807) is 4.68 Å². The van der Waals surface area contributed by atoms with Crippen LogP contribution in [0.2, 0.25) is 0 Å². The molecule has 0 bridgehead atoms. The van der Waals surface area contributed by atoms with E-state index < -0.39 is 17.8 Å². The zero-order valence-corrected chi connectivity index (χ0v) is 16.0. The Balaban J connectivity index is 1.54. The summed E-state index contributed by atoms with van der Waals surface area (Å²) in [5.74, 6) is -0.718. The van der Waals surface area contributed by atoms with Crippen LogP contribution in [-0.2, 0) is 12.7 Å². The number of amides is 1. The van der Waals surface area contributed by atoms with Gasteiger partial charge in [-0.2, -0.15) is 18.3 Å². The zero-order chi connectivity index (χ0) is 21.5. The van der Waals surface area contributed by atoms with Crippen LogP contribution < -0.4 is 5.32 Å². The highest BCUT2D eigenvalue weighted by atomic mass is 19.4. The van der Waals surface area contributed by atoms with Crippen molar-refractivity contribution in [2.45, 2.75) is 26.6 Å².